The summed E-state index contributed by atoms with van der Waals surface area (Å²) >= 11 is 12.2. The van der Waals surface area contributed by atoms with E-state index in [1.165, 1.54) is 29.5 Å². The van der Waals surface area contributed by atoms with Crippen LogP contribution in [0.1, 0.15) is 58.3 Å². The molecule has 1 aliphatic rings. The molecule has 0 saturated heterocycles. The number of nitrogens with zero attached hydrogens (tertiary/aromatic N) is 1. The Labute approximate surface area is 349 Å². The molecule has 0 heterocycles. The van der Waals surface area contributed by atoms with Gasteiger partial charge in [-0.3, -0.25) is 9.69 Å². The molecule has 1 atom stereocenters. The van der Waals surface area contributed by atoms with E-state index in [4.69, 9.17) is 28.3 Å². The molecule has 0 bridgehead atoms. The average molecular weight is 823 g/mol. The molecule has 10 nitrogen and oxygen atoms in total. The first-order chi connectivity index (χ1) is 28.1. The standard InChI is InChI=1S/C30H29Cl2N3O5.C16H20N2/c31-23-14-24(32)16-25(15-23)34-30(40)35(26-12-10-21(11-13-26)20-4-2-1-3-5-20)18-19-6-8-22(9-7-19)28(37)33-17-27(36)29(38)39;1-3-7-15(8-4-1)13-17-11-12-18-14-16-9-5-2-6-10-16/h4,6-16,27,36H,1-3,5,17-18H2,(H,33,37)(H,34,40)(H,38,39);1-10,17-18H,11-14H2/t27-;/m1./s1. The molecule has 12 heteroatoms. The van der Waals surface area contributed by atoms with Crippen LogP contribution in [0, 0.1) is 0 Å². The highest BCUT2D eigenvalue weighted by molar-refractivity contribution is 6.35. The lowest BCUT2D eigenvalue weighted by atomic mass is 9.93. The number of allylic oxidation sites excluding steroid dienone is 2. The SMILES string of the molecule is O=C(NC[C@@H](O)C(=O)O)c1ccc(CN(C(=O)Nc2cc(Cl)cc(Cl)c2)c2ccc(C3=CCCCC3)cc2)cc1.c1ccc(CNCCNCc2ccccc2)cc1. The van der Waals surface area contributed by atoms with Gasteiger partial charge >= 0.3 is 12.0 Å². The van der Waals surface area contributed by atoms with E-state index in [0.29, 0.717) is 21.4 Å². The highest BCUT2D eigenvalue weighted by Crippen LogP contribution is 2.29. The Morgan fingerprint density at radius 3 is 1.83 bits per heavy atom. The van der Waals surface area contributed by atoms with Crippen molar-refractivity contribution in [1.29, 1.82) is 0 Å². The van der Waals surface area contributed by atoms with Crippen LogP contribution in [-0.4, -0.2) is 53.9 Å². The van der Waals surface area contributed by atoms with Gasteiger partial charge in [-0.2, -0.15) is 0 Å². The zero-order valence-corrected chi connectivity index (χ0v) is 33.7. The number of hydrogen-bond acceptors (Lipinski definition) is 6. The van der Waals surface area contributed by atoms with Crippen molar-refractivity contribution >= 4 is 58.1 Å². The van der Waals surface area contributed by atoms with Crippen molar-refractivity contribution in [3.05, 3.63) is 171 Å². The Balaban J connectivity index is 0.000000296. The maximum atomic E-state index is 13.5. The number of carboxylic acids is 1. The molecule has 1 aliphatic carbocycles. The molecule has 5 aromatic carbocycles. The maximum absolute atomic E-state index is 13.5. The minimum absolute atomic E-state index is 0.196. The first kappa shape index (κ1) is 43.6. The van der Waals surface area contributed by atoms with Crippen LogP contribution in [0.5, 0.6) is 0 Å². The fourth-order valence-electron chi connectivity index (χ4n) is 6.21. The lowest BCUT2D eigenvalue weighted by Crippen LogP contribution is -2.36. The fourth-order valence-corrected chi connectivity index (χ4v) is 6.74. The number of benzene rings is 5. The van der Waals surface area contributed by atoms with Crippen molar-refractivity contribution in [3.63, 3.8) is 0 Å². The van der Waals surface area contributed by atoms with Crippen molar-refractivity contribution in [2.75, 3.05) is 29.9 Å². The summed E-state index contributed by atoms with van der Waals surface area (Å²) in [6.45, 7) is 3.64. The molecular formula is C46H49Cl2N5O5. The van der Waals surface area contributed by atoms with E-state index in [9.17, 15) is 19.5 Å². The number of carbonyl (C=O) groups is 3. The van der Waals surface area contributed by atoms with Gasteiger partial charge in [0.2, 0.25) is 0 Å². The van der Waals surface area contributed by atoms with Gasteiger partial charge in [-0.05, 0) is 96.0 Å². The van der Waals surface area contributed by atoms with Gasteiger partial charge in [0.05, 0.1) is 13.1 Å². The Morgan fingerprint density at radius 2 is 1.29 bits per heavy atom. The van der Waals surface area contributed by atoms with Crippen molar-refractivity contribution < 1.29 is 24.6 Å². The lowest BCUT2D eigenvalue weighted by Gasteiger charge is -2.24. The topological polar surface area (TPSA) is 143 Å². The zero-order valence-electron chi connectivity index (χ0n) is 32.2. The summed E-state index contributed by atoms with van der Waals surface area (Å²) in [6, 6.07) is 39.8. The summed E-state index contributed by atoms with van der Waals surface area (Å²) in [5, 5.41) is 31.0. The molecule has 3 amide bonds. The summed E-state index contributed by atoms with van der Waals surface area (Å²) in [4.78, 5) is 38.2. The minimum Gasteiger partial charge on any atom is -0.479 e. The lowest BCUT2D eigenvalue weighted by molar-refractivity contribution is -0.146. The number of carbonyl (C=O) groups excluding carboxylic acids is 2. The zero-order chi connectivity index (χ0) is 41.1. The van der Waals surface area contributed by atoms with Crippen LogP contribution in [0.2, 0.25) is 10.0 Å². The molecule has 6 rings (SSSR count). The average Bonchev–Trinajstić information content (AvgIpc) is 3.24. The third-order valence-electron chi connectivity index (χ3n) is 9.32. The van der Waals surface area contributed by atoms with Crippen LogP contribution >= 0.6 is 23.2 Å². The Hall–Kier alpha value is -5.49. The Kier molecular flexibility index (Phi) is 17.3. The largest absolute Gasteiger partial charge is 0.479 e. The van der Waals surface area contributed by atoms with Crippen molar-refractivity contribution in [2.45, 2.75) is 51.4 Å². The van der Waals surface area contributed by atoms with E-state index in [-0.39, 0.29) is 12.1 Å². The minimum atomic E-state index is -1.69. The Morgan fingerprint density at radius 1 is 0.707 bits per heavy atom. The second-order valence-corrected chi connectivity index (χ2v) is 14.7. The number of amides is 3. The van der Waals surface area contributed by atoms with E-state index in [0.717, 1.165) is 50.1 Å². The second kappa shape index (κ2) is 23.0. The molecule has 0 radical (unpaired) electrons. The number of aliphatic hydroxyl groups is 1. The van der Waals surface area contributed by atoms with Gasteiger partial charge in [0.25, 0.3) is 5.91 Å². The quantitative estimate of drug-likeness (QED) is 0.0546. The maximum Gasteiger partial charge on any atom is 0.334 e. The molecular weight excluding hydrogens is 773 g/mol. The van der Waals surface area contributed by atoms with Crippen molar-refractivity contribution in [1.82, 2.24) is 16.0 Å². The highest BCUT2D eigenvalue weighted by Gasteiger charge is 2.19. The summed E-state index contributed by atoms with van der Waals surface area (Å²) < 4.78 is 0. The number of anilines is 2. The fraction of sp³-hybridized carbons (Fsp3) is 0.239. The first-order valence-corrected chi connectivity index (χ1v) is 20.0. The van der Waals surface area contributed by atoms with E-state index in [1.54, 1.807) is 47.4 Å². The van der Waals surface area contributed by atoms with Gasteiger partial charge in [-0.25, -0.2) is 9.59 Å². The van der Waals surface area contributed by atoms with E-state index < -0.39 is 30.6 Å². The number of hydrogen-bond donors (Lipinski definition) is 6. The smallest absolute Gasteiger partial charge is 0.334 e. The number of rotatable bonds is 16. The van der Waals surface area contributed by atoms with Crippen molar-refractivity contribution in [2.24, 2.45) is 0 Å². The number of urea groups is 1. The van der Waals surface area contributed by atoms with E-state index in [1.807, 2.05) is 36.4 Å². The molecule has 0 aromatic heterocycles. The van der Waals surface area contributed by atoms with Crippen LogP contribution < -0.4 is 26.2 Å². The normalized spacial score (nSPS) is 12.6. The molecule has 0 aliphatic heterocycles. The Bertz CT molecular complexity index is 2040. The van der Waals surface area contributed by atoms with Gasteiger partial charge in [0, 0.05) is 53.2 Å². The monoisotopic (exact) mass is 821 g/mol. The molecule has 0 unspecified atom stereocenters. The number of aliphatic carboxylic acids is 1. The highest BCUT2D eigenvalue weighted by atomic mass is 35.5. The third-order valence-corrected chi connectivity index (χ3v) is 9.76. The molecule has 58 heavy (non-hydrogen) atoms. The molecule has 0 saturated carbocycles. The molecule has 5 aromatic rings. The predicted octanol–water partition coefficient (Wildman–Crippen LogP) is 8.93. The van der Waals surface area contributed by atoms with Crippen LogP contribution in [0.25, 0.3) is 5.57 Å². The third kappa shape index (κ3) is 14.5. The van der Waals surface area contributed by atoms with Crippen LogP contribution in [0.4, 0.5) is 16.2 Å². The van der Waals surface area contributed by atoms with E-state index in [2.05, 4.69) is 75.9 Å². The van der Waals surface area contributed by atoms with Crippen molar-refractivity contribution in [3.8, 4) is 0 Å². The number of halogens is 2. The summed E-state index contributed by atoms with van der Waals surface area (Å²) in [6.07, 6.45) is 5.06. The summed E-state index contributed by atoms with van der Waals surface area (Å²) in [5.74, 6) is -1.94. The number of carboxylic acid groups (broad SMARTS) is 1. The molecule has 0 spiro atoms. The van der Waals surface area contributed by atoms with Gasteiger partial charge in [0.15, 0.2) is 6.10 Å². The number of nitrogens with one attached hydrogen (secondary N) is 4. The number of aliphatic hydroxyl groups excluding tert-OH is 1. The predicted molar refractivity (Wildman–Crippen MR) is 233 cm³/mol. The van der Waals surface area contributed by atoms with Gasteiger partial charge in [-0.1, -0.05) is 114 Å². The molecule has 0 fully saturated rings. The first-order valence-electron chi connectivity index (χ1n) is 19.3. The van der Waals surface area contributed by atoms with Gasteiger partial charge in [0.1, 0.15) is 0 Å². The summed E-state index contributed by atoms with van der Waals surface area (Å²) in [5.41, 5.74) is 7.28. The molecule has 6 N–H and O–H groups in total. The van der Waals surface area contributed by atoms with Crippen LogP contribution in [-0.2, 0) is 24.4 Å². The van der Waals surface area contributed by atoms with E-state index >= 15 is 0 Å². The van der Waals surface area contributed by atoms with Crippen LogP contribution in [0.3, 0.4) is 0 Å². The molecule has 302 valence electrons. The summed E-state index contributed by atoms with van der Waals surface area (Å²) in [7, 11) is 0. The van der Waals surface area contributed by atoms with Crippen LogP contribution in [0.15, 0.2) is 133 Å². The van der Waals surface area contributed by atoms with Gasteiger partial charge < -0.3 is 31.5 Å². The second-order valence-electron chi connectivity index (χ2n) is 13.8. The van der Waals surface area contributed by atoms with Gasteiger partial charge in [-0.15, -0.1) is 0 Å².